The second-order valence-electron chi connectivity index (χ2n) is 4.20. The molecule has 1 heterocycles. The van der Waals surface area contributed by atoms with E-state index in [2.05, 4.69) is 12.2 Å². The van der Waals surface area contributed by atoms with E-state index in [0.29, 0.717) is 6.54 Å². The number of nitrogens with zero attached hydrogens (tertiary/aromatic N) is 1. The number of amides is 2. The van der Waals surface area contributed by atoms with Gasteiger partial charge >= 0.3 is 6.03 Å². The topological polar surface area (TPSA) is 52.6 Å². The number of nitrogens with one attached hydrogen (secondary N) is 1. The van der Waals surface area contributed by atoms with E-state index < -0.39 is 6.10 Å². The maximum atomic E-state index is 11.5. The number of carbonyl (C=O) groups is 1. The molecule has 0 saturated carbocycles. The van der Waals surface area contributed by atoms with Gasteiger partial charge in [-0.05, 0) is 25.7 Å². The van der Waals surface area contributed by atoms with Crippen LogP contribution in [0.1, 0.15) is 26.7 Å². The molecular formula is C10H20N2O2. The number of rotatable bonds is 2. The van der Waals surface area contributed by atoms with Crippen molar-refractivity contribution in [2.24, 2.45) is 5.92 Å². The van der Waals surface area contributed by atoms with Crippen LogP contribution in [-0.4, -0.2) is 41.8 Å². The highest BCUT2D eigenvalue weighted by atomic mass is 16.3. The van der Waals surface area contributed by atoms with Crippen LogP contribution in [0.2, 0.25) is 0 Å². The lowest BCUT2D eigenvalue weighted by atomic mass is 10.00. The molecule has 1 aliphatic rings. The summed E-state index contributed by atoms with van der Waals surface area (Å²) < 4.78 is 0. The molecule has 0 unspecified atom stereocenters. The highest BCUT2D eigenvalue weighted by Crippen LogP contribution is 2.15. The lowest BCUT2D eigenvalue weighted by molar-refractivity contribution is 0.158. The average molecular weight is 200 g/mol. The van der Waals surface area contributed by atoms with E-state index in [-0.39, 0.29) is 6.03 Å². The molecule has 82 valence electrons. The lowest BCUT2D eigenvalue weighted by Gasteiger charge is -2.30. The Balaban J connectivity index is 2.24. The molecule has 1 aliphatic heterocycles. The number of aliphatic hydroxyl groups is 1. The van der Waals surface area contributed by atoms with Crippen molar-refractivity contribution >= 4 is 6.03 Å². The van der Waals surface area contributed by atoms with Gasteiger partial charge in [0.1, 0.15) is 0 Å². The Morgan fingerprint density at radius 1 is 1.57 bits per heavy atom. The molecule has 0 aromatic carbocycles. The summed E-state index contributed by atoms with van der Waals surface area (Å²) in [6.07, 6.45) is 1.70. The first-order valence-corrected chi connectivity index (χ1v) is 5.30. The molecule has 0 spiro atoms. The number of urea groups is 1. The minimum absolute atomic E-state index is 0.0437. The SMILES string of the molecule is CC1CCN(C(=O)NC[C@@H](C)O)CC1. The molecule has 0 aliphatic carbocycles. The molecule has 1 atom stereocenters. The second-order valence-corrected chi connectivity index (χ2v) is 4.20. The maximum absolute atomic E-state index is 11.5. The number of hydrogen-bond acceptors (Lipinski definition) is 2. The van der Waals surface area contributed by atoms with Gasteiger partial charge < -0.3 is 15.3 Å². The number of carbonyl (C=O) groups excluding carboxylic acids is 1. The predicted octanol–water partition coefficient (Wildman–Crippen LogP) is 0.809. The Bertz CT molecular complexity index is 187. The van der Waals surface area contributed by atoms with Crippen LogP contribution in [-0.2, 0) is 0 Å². The van der Waals surface area contributed by atoms with Gasteiger partial charge in [-0.2, -0.15) is 0 Å². The highest BCUT2D eigenvalue weighted by molar-refractivity contribution is 5.74. The Kier molecular flexibility index (Phi) is 4.20. The standard InChI is InChI=1S/C10H20N2O2/c1-8-3-5-12(6-4-8)10(14)11-7-9(2)13/h8-9,13H,3-7H2,1-2H3,(H,11,14)/t9-/m1/s1. The predicted molar refractivity (Wildman–Crippen MR) is 55.1 cm³/mol. The third-order valence-corrected chi connectivity index (χ3v) is 2.62. The van der Waals surface area contributed by atoms with Gasteiger partial charge in [0, 0.05) is 19.6 Å². The van der Waals surface area contributed by atoms with Gasteiger partial charge in [0.2, 0.25) is 0 Å². The zero-order valence-electron chi connectivity index (χ0n) is 8.99. The van der Waals surface area contributed by atoms with Crippen LogP contribution in [0.25, 0.3) is 0 Å². The zero-order chi connectivity index (χ0) is 10.6. The van der Waals surface area contributed by atoms with Crippen LogP contribution in [0.15, 0.2) is 0 Å². The van der Waals surface area contributed by atoms with Crippen molar-refractivity contribution in [2.75, 3.05) is 19.6 Å². The Morgan fingerprint density at radius 3 is 2.64 bits per heavy atom. The molecule has 1 rings (SSSR count). The molecule has 2 N–H and O–H groups in total. The number of piperidine rings is 1. The molecule has 1 saturated heterocycles. The number of aliphatic hydroxyl groups excluding tert-OH is 1. The van der Waals surface area contributed by atoms with Crippen LogP contribution in [0, 0.1) is 5.92 Å². The van der Waals surface area contributed by atoms with Crippen molar-refractivity contribution < 1.29 is 9.90 Å². The molecule has 0 aromatic rings. The van der Waals surface area contributed by atoms with Gasteiger partial charge in [-0.25, -0.2) is 4.79 Å². The first kappa shape index (κ1) is 11.3. The minimum atomic E-state index is -0.470. The Labute approximate surface area is 85.3 Å². The summed E-state index contributed by atoms with van der Waals surface area (Å²) in [5.74, 6) is 0.732. The van der Waals surface area contributed by atoms with Crippen LogP contribution >= 0.6 is 0 Å². The second kappa shape index (κ2) is 5.20. The van der Waals surface area contributed by atoms with Crippen molar-refractivity contribution in [1.82, 2.24) is 10.2 Å². The van der Waals surface area contributed by atoms with Crippen LogP contribution < -0.4 is 5.32 Å². The minimum Gasteiger partial charge on any atom is -0.392 e. The molecule has 0 bridgehead atoms. The fraction of sp³-hybridized carbons (Fsp3) is 0.900. The molecule has 0 aromatic heterocycles. The Morgan fingerprint density at radius 2 is 2.14 bits per heavy atom. The van der Waals surface area contributed by atoms with E-state index in [1.165, 1.54) is 0 Å². The normalized spacial score (nSPS) is 20.6. The van der Waals surface area contributed by atoms with E-state index in [4.69, 9.17) is 5.11 Å². The summed E-state index contributed by atoms with van der Waals surface area (Å²) in [4.78, 5) is 13.3. The van der Waals surface area contributed by atoms with Crippen molar-refractivity contribution in [1.29, 1.82) is 0 Å². The maximum Gasteiger partial charge on any atom is 0.317 e. The van der Waals surface area contributed by atoms with Crippen molar-refractivity contribution in [3.8, 4) is 0 Å². The van der Waals surface area contributed by atoms with Crippen LogP contribution in [0.5, 0.6) is 0 Å². The molecule has 1 fully saturated rings. The summed E-state index contributed by atoms with van der Waals surface area (Å²) in [6, 6.07) is -0.0437. The van der Waals surface area contributed by atoms with Crippen molar-refractivity contribution in [3.63, 3.8) is 0 Å². The quantitative estimate of drug-likeness (QED) is 0.693. The summed E-state index contributed by atoms with van der Waals surface area (Å²) in [5.41, 5.74) is 0. The third-order valence-electron chi connectivity index (χ3n) is 2.62. The molecule has 0 radical (unpaired) electrons. The number of likely N-dealkylation sites (tertiary alicyclic amines) is 1. The van der Waals surface area contributed by atoms with E-state index in [9.17, 15) is 4.79 Å². The van der Waals surface area contributed by atoms with Gasteiger partial charge in [-0.1, -0.05) is 6.92 Å². The van der Waals surface area contributed by atoms with Gasteiger partial charge in [-0.15, -0.1) is 0 Å². The summed E-state index contributed by atoms with van der Waals surface area (Å²) in [5, 5.41) is 11.7. The smallest absolute Gasteiger partial charge is 0.317 e. The molecular weight excluding hydrogens is 180 g/mol. The summed E-state index contributed by atoms with van der Waals surface area (Å²) >= 11 is 0. The number of hydrogen-bond donors (Lipinski definition) is 2. The van der Waals surface area contributed by atoms with Crippen LogP contribution in [0.4, 0.5) is 4.79 Å². The van der Waals surface area contributed by atoms with E-state index in [1.807, 2.05) is 4.90 Å². The van der Waals surface area contributed by atoms with E-state index >= 15 is 0 Å². The molecule has 4 nitrogen and oxygen atoms in total. The molecule has 4 heteroatoms. The monoisotopic (exact) mass is 200 g/mol. The summed E-state index contributed by atoms with van der Waals surface area (Å²) in [6.45, 7) is 5.90. The summed E-state index contributed by atoms with van der Waals surface area (Å²) in [7, 11) is 0. The average Bonchev–Trinajstić information content (AvgIpc) is 2.15. The van der Waals surface area contributed by atoms with E-state index in [0.717, 1.165) is 31.8 Å². The first-order valence-electron chi connectivity index (χ1n) is 5.30. The largest absolute Gasteiger partial charge is 0.392 e. The van der Waals surface area contributed by atoms with Crippen molar-refractivity contribution in [2.45, 2.75) is 32.8 Å². The van der Waals surface area contributed by atoms with Gasteiger partial charge in [0.05, 0.1) is 6.10 Å². The van der Waals surface area contributed by atoms with Crippen molar-refractivity contribution in [3.05, 3.63) is 0 Å². The first-order chi connectivity index (χ1) is 6.59. The fourth-order valence-corrected chi connectivity index (χ4v) is 1.56. The van der Waals surface area contributed by atoms with Gasteiger partial charge in [0.25, 0.3) is 0 Å². The molecule has 2 amide bonds. The highest BCUT2D eigenvalue weighted by Gasteiger charge is 2.19. The Hall–Kier alpha value is -0.770. The fourth-order valence-electron chi connectivity index (χ4n) is 1.56. The van der Waals surface area contributed by atoms with Gasteiger partial charge in [-0.3, -0.25) is 0 Å². The molecule has 14 heavy (non-hydrogen) atoms. The lowest BCUT2D eigenvalue weighted by Crippen LogP contribution is -2.45. The third kappa shape index (κ3) is 3.54. The zero-order valence-corrected chi connectivity index (χ0v) is 8.99. The van der Waals surface area contributed by atoms with Gasteiger partial charge in [0.15, 0.2) is 0 Å². The van der Waals surface area contributed by atoms with E-state index in [1.54, 1.807) is 6.92 Å². The van der Waals surface area contributed by atoms with Crippen LogP contribution in [0.3, 0.4) is 0 Å².